The molecule has 1 heterocycles. The van der Waals surface area contributed by atoms with Gasteiger partial charge in [0.2, 0.25) is 5.88 Å². The van der Waals surface area contributed by atoms with E-state index in [9.17, 15) is 4.79 Å². The summed E-state index contributed by atoms with van der Waals surface area (Å²) in [6.45, 7) is 2.38. The van der Waals surface area contributed by atoms with Crippen LogP contribution in [-0.2, 0) is 4.74 Å². The van der Waals surface area contributed by atoms with Gasteiger partial charge < -0.3 is 9.47 Å². The lowest BCUT2D eigenvalue weighted by atomic mass is 10.3. The van der Waals surface area contributed by atoms with Crippen LogP contribution in [0.5, 0.6) is 5.88 Å². The summed E-state index contributed by atoms with van der Waals surface area (Å²) in [6, 6.07) is 3.13. The molecule has 0 saturated heterocycles. The second-order valence-corrected chi connectivity index (χ2v) is 2.31. The van der Waals surface area contributed by atoms with Gasteiger partial charge in [0.05, 0.1) is 19.3 Å². The number of esters is 1. The smallest absolute Gasteiger partial charge is 0.338 e. The predicted octanol–water partition coefficient (Wildman–Crippen LogP) is 1.27. The molecular weight excluding hydrogens is 170 g/mol. The van der Waals surface area contributed by atoms with Crippen molar-refractivity contribution in [3.63, 3.8) is 0 Å². The van der Waals surface area contributed by atoms with Gasteiger partial charge in [0.1, 0.15) is 0 Å². The van der Waals surface area contributed by atoms with Gasteiger partial charge in [-0.05, 0) is 13.0 Å². The minimum absolute atomic E-state index is 0.386. The highest BCUT2D eigenvalue weighted by atomic mass is 16.5. The molecule has 13 heavy (non-hydrogen) atoms. The minimum Gasteiger partial charge on any atom is -0.478 e. The van der Waals surface area contributed by atoms with Crippen molar-refractivity contribution in [2.45, 2.75) is 6.92 Å². The average Bonchev–Trinajstić information content (AvgIpc) is 2.18. The van der Waals surface area contributed by atoms with Crippen LogP contribution in [0.1, 0.15) is 17.3 Å². The zero-order valence-corrected chi connectivity index (χ0v) is 7.61. The van der Waals surface area contributed by atoms with Crippen LogP contribution in [0.4, 0.5) is 0 Å². The van der Waals surface area contributed by atoms with E-state index in [1.807, 2.05) is 6.92 Å². The van der Waals surface area contributed by atoms with E-state index in [1.165, 1.54) is 13.3 Å². The first-order valence-electron chi connectivity index (χ1n) is 3.95. The molecule has 0 spiro atoms. The summed E-state index contributed by atoms with van der Waals surface area (Å²) in [5.74, 6) is 0.0498. The van der Waals surface area contributed by atoms with Crippen molar-refractivity contribution in [3.8, 4) is 5.88 Å². The van der Waals surface area contributed by atoms with E-state index in [0.29, 0.717) is 18.1 Å². The van der Waals surface area contributed by atoms with E-state index in [2.05, 4.69) is 9.72 Å². The third-order valence-electron chi connectivity index (χ3n) is 1.45. The van der Waals surface area contributed by atoms with Crippen molar-refractivity contribution in [3.05, 3.63) is 23.9 Å². The summed E-state index contributed by atoms with van der Waals surface area (Å²) < 4.78 is 9.67. The molecule has 0 aromatic carbocycles. The average molecular weight is 181 g/mol. The number of aromatic nitrogens is 1. The largest absolute Gasteiger partial charge is 0.478 e. The summed E-state index contributed by atoms with van der Waals surface area (Å²) in [6.07, 6.45) is 1.51. The zero-order valence-electron chi connectivity index (χ0n) is 7.61. The Morgan fingerprint density at radius 1 is 1.62 bits per heavy atom. The van der Waals surface area contributed by atoms with Crippen molar-refractivity contribution in [2.24, 2.45) is 0 Å². The molecule has 1 aromatic heterocycles. The Balaban J connectivity index is 2.85. The third-order valence-corrected chi connectivity index (χ3v) is 1.45. The standard InChI is InChI=1S/C9H11NO3/c1-3-13-8-6-7(4-5-10-8)9(11)12-2/h4-6H,3H2,1-2H3. The van der Waals surface area contributed by atoms with Crippen LogP contribution in [0.2, 0.25) is 0 Å². The molecule has 4 nitrogen and oxygen atoms in total. The number of nitrogens with zero attached hydrogens (tertiary/aromatic N) is 1. The molecule has 1 aromatic rings. The third kappa shape index (κ3) is 2.43. The van der Waals surface area contributed by atoms with E-state index in [1.54, 1.807) is 12.1 Å². The van der Waals surface area contributed by atoms with Gasteiger partial charge >= 0.3 is 5.97 Å². The molecule has 0 aliphatic heterocycles. The topological polar surface area (TPSA) is 48.4 Å². The second-order valence-electron chi connectivity index (χ2n) is 2.31. The molecule has 0 saturated carbocycles. The normalized spacial score (nSPS) is 9.38. The van der Waals surface area contributed by atoms with Crippen LogP contribution in [0.25, 0.3) is 0 Å². The fourth-order valence-electron chi connectivity index (χ4n) is 0.881. The number of carbonyl (C=O) groups is 1. The minimum atomic E-state index is -0.386. The first-order valence-corrected chi connectivity index (χ1v) is 3.95. The second kappa shape index (κ2) is 4.45. The maximum atomic E-state index is 11.1. The number of pyridine rings is 1. The van der Waals surface area contributed by atoms with Gasteiger partial charge in [-0.1, -0.05) is 0 Å². The first kappa shape index (κ1) is 9.51. The fraction of sp³-hybridized carbons (Fsp3) is 0.333. The molecule has 70 valence electrons. The Labute approximate surface area is 76.5 Å². The van der Waals surface area contributed by atoms with Gasteiger partial charge in [-0.3, -0.25) is 0 Å². The molecule has 1 rings (SSSR count). The number of ether oxygens (including phenoxy) is 2. The van der Waals surface area contributed by atoms with Crippen LogP contribution in [0.3, 0.4) is 0 Å². The Bertz CT molecular complexity index is 299. The lowest BCUT2D eigenvalue weighted by Crippen LogP contribution is -2.02. The zero-order chi connectivity index (χ0) is 9.68. The maximum absolute atomic E-state index is 11.1. The molecule has 4 heteroatoms. The molecule has 0 atom stereocenters. The van der Waals surface area contributed by atoms with Crippen molar-refractivity contribution >= 4 is 5.97 Å². The fourth-order valence-corrected chi connectivity index (χ4v) is 0.881. The Morgan fingerprint density at radius 2 is 2.38 bits per heavy atom. The summed E-state index contributed by atoms with van der Waals surface area (Å²) in [5.41, 5.74) is 0.445. The molecule has 0 unspecified atom stereocenters. The van der Waals surface area contributed by atoms with Crippen LogP contribution >= 0.6 is 0 Å². The molecule has 0 bridgehead atoms. The lowest BCUT2D eigenvalue weighted by Gasteiger charge is -2.02. The Kier molecular flexibility index (Phi) is 3.25. The van der Waals surface area contributed by atoms with E-state index in [0.717, 1.165) is 0 Å². The molecule has 0 aliphatic carbocycles. The van der Waals surface area contributed by atoms with Crippen LogP contribution in [0, 0.1) is 0 Å². The highest BCUT2D eigenvalue weighted by molar-refractivity contribution is 5.89. The van der Waals surface area contributed by atoms with Crippen LogP contribution in [-0.4, -0.2) is 24.7 Å². The molecule has 0 N–H and O–H groups in total. The lowest BCUT2D eigenvalue weighted by molar-refractivity contribution is 0.0600. The van der Waals surface area contributed by atoms with Gasteiger partial charge in [-0.15, -0.1) is 0 Å². The SMILES string of the molecule is CCOc1cc(C(=O)OC)ccn1. The summed E-state index contributed by atoms with van der Waals surface area (Å²) in [7, 11) is 1.34. The predicted molar refractivity (Wildman–Crippen MR) is 46.7 cm³/mol. The number of carbonyl (C=O) groups excluding carboxylic acids is 1. The molecule has 0 fully saturated rings. The summed E-state index contributed by atoms with van der Waals surface area (Å²) >= 11 is 0. The van der Waals surface area contributed by atoms with Gasteiger partial charge in [-0.2, -0.15) is 0 Å². The van der Waals surface area contributed by atoms with Gasteiger partial charge in [-0.25, -0.2) is 9.78 Å². The van der Waals surface area contributed by atoms with Gasteiger partial charge in [0, 0.05) is 12.3 Å². The first-order chi connectivity index (χ1) is 6.27. The maximum Gasteiger partial charge on any atom is 0.338 e. The van der Waals surface area contributed by atoms with E-state index in [-0.39, 0.29) is 5.97 Å². The van der Waals surface area contributed by atoms with Gasteiger partial charge in [0.15, 0.2) is 0 Å². The van der Waals surface area contributed by atoms with Crippen molar-refractivity contribution in [1.29, 1.82) is 0 Å². The molecular formula is C9H11NO3. The van der Waals surface area contributed by atoms with Crippen molar-refractivity contribution < 1.29 is 14.3 Å². The summed E-state index contributed by atoms with van der Waals surface area (Å²) in [5, 5.41) is 0. The highest BCUT2D eigenvalue weighted by Gasteiger charge is 2.06. The Hall–Kier alpha value is -1.58. The molecule has 0 radical (unpaired) electrons. The van der Waals surface area contributed by atoms with E-state index in [4.69, 9.17) is 4.74 Å². The molecule has 0 aliphatic rings. The van der Waals surface area contributed by atoms with E-state index < -0.39 is 0 Å². The number of hydrogen-bond acceptors (Lipinski definition) is 4. The van der Waals surface area contributed by atoms with E-state index >= 15 is 0 Å². The highest BCUT2D eigenvalue weighted by Crippen LogP contribution is 2.09. The van der Waals surface area contributed by atoms with Gasteiger partial charge in [0.25, 0.3) is 0 Å². The van der Waals surface area contributed by atoms with Crippen LogP contribution in [0.15, 0.2) is 18.3 Å². The molecule has 0 amide bonds. The van der Waals surface area contributed by atoms with Crippen molar-refractivity contribution in [2.75, 3.05) is 13.7 Å². The summed E-state index contributed by atoms with van der Waals surface area (Å²) in [4.78, 5) is 15.0. The Morgan fingerprint density at radius 3 is 3.00 bits per heavy atom. The van der Waals surface area contributed by atoms with Crippen molar-refractivity contribution in [1.82, 2.24) is 4.98 Å². The number of rotatable bonds is 3. The quantitative estimate of drug-likeness (QED) is 0.659. The number of hydrogen-bond donors (Lipinski definition) is 0. The monoisotopic (exact) mass is 181 g/mol. The van der Waals surface area contributed by atoms with Crippen LogP contribution < -0.4 is 4.74 Å². The number of methoxy groups -OCH3 is 1.